The summed E-state index contributed by atoms with van der Waals surface area (Å²) in [6.45, 7) is 4.82. The smallest absolute Gasteiger partial charge is 0.227 e. The zero-order valence-corrected chi connectivity index (χ0v) is 21.5. The topological polar surface area (TPSA) is 74.6 Å². The van der Waals surface area contributed by atoms with E-state index < -0.39 is 0 Å². The van der Waals surface area contributed by atoms with E-state index in [9.17, 15) is 9.18 Å². The van der Waals surface area contributed by atoms with Gasteiger partial charge in [0.15, 0.2) is 5.96 Å². The Kier molecular flexibility index (Phi) is 9.43. The van der Waals surface area contributed by atoms with Crippen molar-refractivity contribution >= 4 is 41.5 Å². The monoisotopic (exact) mass is 576 g/mol. The number of rotatable bonds is 8. The summed E-state index contributed by atoms with van der Waals surface area (Å²) in [6.07, 6.45) is 4.17. The SMILES string of the molecule is CCNC(=NCc1ccc(N2CCCC2=O)cc1)NCCc1ccn(-c2ccc(F)cc2)n1.I. The molecule has 0 unspecified atom stereocenters. The lowest BCUT2D eigenvalue weighted by molar-refractivity contribution is -0.117. The normalized spacial score (nSPS) is 13.6. The number of nitrogens with one attached hydrogen (secondary N) is 2. The molecule has 0 bridgehead atoms. The number of carbonyl (C=O) groups is 1. The van der Waals surface area contributed by atoms with Gasteiger partial charge in [-0.3, -0.25) is 4.79 Å². The van der Waals surface area contributed by atoms with Crippen molar-refractivity contribution in [3.05, 3.63) is 77.9 Å². The van der Waals surface area contributed by atoms with Crippen molar-refractivity contribution < 1.29 is 9.18 Å². The Labute approximate surface area is 216 Å². The van der Waals surface area contributed by atoms with Crippen LogP contribution in [0, 0.1) is 5.82 Å². The fourth-order valence-corrected chi connectivity index (χ4v) is 3.76. The van der Waals surface area contributed by atoms with Crippen molar-refractivity contribution in [3.63, 3.8) is 0 Å². The maximum absolute atomic E-state index is 13.1. The van der Waals surface area contributed by atoms with Crippen LogP contribution in [-0.2, 0) is 17.8 Å². The number of carbonyl (C=O) groups excluding carboxylic acids is 1. The Bertz CT molecular complexity index is 1100. The number of halogens is 2. The summed E-state index contributed by atoms with van der Waals surface area (Å²) in [6, 6.07) is 16.3. The average molecular weight is 576 g/mol. The van der Waals surface area contributed by atoms with E-state index in [0.717, 1.165) is 54.5 Å². The molecule has 0 aliphatic carbocycles. The lowest BCUT2D eigenvalue weighted by Crippen LogP contribution is -2.38. The van der Waals surface area contributed by atoms with Crippen molar-refractivity contribution in [2.24, 2.45) is 4.99 Å². The molecule has 9 heteroatoms. The van der Waals surface area contributed by atoms with Gasteiger partial charge < -0.3 is 15.5 Å². The van der Waals surface area contributed by atoms with Crippen molar-refractivity contribution in [3.8, 4) is 5.69 Å². The molecule has 2 N–H and O–H groups in total. The van der Waals surface area contributed by atoms with Gasteiger partial charge in [-0.05, 0) is 61.4 Å². The molecule has 1 aliphatic heterocycles. The third-order valence-electron chi connectivity index (χ3n) is 5.49. The van der Waals surface area contributed by atoms with Gasteiger partial charge in [0.2, 0.25) is 5.91 Å². The zero-order valence-electron chi connectivity index (χ0n) is 19.2. The summed E-state index contributed by atoms with van der Waals surface area (Å²) in [4.78, 5) is 18.4. The highest BCUT2D eigenvalue weighted by molar-refractivity contribution is 14.0. The molecule has 0 spiro atoms. The first-order valence-corrected chi connectivity index (χ1v) is 11.3. The number of hydrogen-bond donors (Lipinski definition) is 2. The lowest BCUT2D eigenvalue weighted by atomic mass is 10.2. The molecule has 1 fully saturated rings. The molecular weight excluding hydrogens is 546 g/mol. The summed E-state index contributed by atoms with van der Waals surface area (Å²) in [5.41, 5.74) is 3.80. The van der Waals surface area contributed by atoms with Crippen molar-refractivity contribution in [2.45, 2.75) is 32.7 Å². The van der Waals surface area contributed by atoms with Crippen LogP contribution in [0.5, 0.6) is 0 Å². The van der Waals surface area contributed by atoms with E-state index in [1.807, 2.05) is 48.4 Å². The zero-order chi connectivity index (χ0) is 23.0. The highest BCUT2D eigenvalue weighted by Crippen LogP contribution is 2.21. The minimum Gasteiger partial charge on any atom is -0.357 e. The molecule has 34 heavy (non-hydrogen) atoms. The molecule has 2 aromatic carbocycles. The molecular formula is C25H30FIN6O. The van der Waals surface area contributed by atoms with E-state index in [2.05, 4.69) is 20.7 Å². The predicted octanol–water partition coefficient (Wildman–Crippen LogP) is 4.05. The second-order valence-electron chi connectivity index (χ2n) is 7.92. The predicted molar refractivity (Wildman–Crippen MR) is 143 cm³/mol. The first kappa shape index (κ1) is 25.7. The maximum atomic E-state index is 13.1. The largest absolute Gasteiger partial charge is 0.357 e. The van der Waals surface area contributed by atoms with E-state index in [4.69, 9.17) is 0 Å². The molecule has 0 atom stereocenters. The van der Waals surface area contributed by atoms with Crippen molar-refractivity contribution in [2.75, 3.05) is 24.5 Å². The van der Waals surface area contributed by atoms with Crippen LogP contribution in [-0.4, -0.2) is 41.3 Å². The van der Waals surface area contributed by atoms with Crippen molar-refractivity contribution in [1.29, 1.82) is 0 Å². The van der Waals surface area contributed by atoms with Crippen LogP contribution in [0.1, 0.15) is 31.0 Å². The summed E-state index contributed by atoms with van der Waals surface area (Å²) < 4.78 is 14.9. The number of guanidine groups is 1. The van der Waals surface area contributed by atoms with Crippen LogP contribution >= 0.6 is 24.0 Å². The van der Waals surface area contributed by atoms with E-state index in [1.54, 1.807) is 16.8 Å². The molecule has 1 amide bonds. The second kappa shape index (κ2) is 12.5. The third kappa shape index (κ3) is 6.78. The van der Waals surface area contributed by atoms with Crippen LogP contribution in [0.4, 0.5) is 10.1 Å². The van der Waals surface area contributed by atoms with Crippen LogP contribution < -0.4 is 15.5 Å². The average Bonchev–Trinajstić information content (AvgIpc) is 3.47. The number of aromatic nitrogens is 2. The highest BCUT2D eigenvalue weighted by atomic mass is 127. The number of nitrogens with zero attached hydrogens (tertiary/aromatic N) is 4. The first-order chi connectivity index (χ1) is 16.1. The Balaban J connectivity index is 0.00000324. The Morgan fingerprint density at radius 1 is 1.06 bits per heavy atom. The molecule has 1 aliphatic rings. The van der Waals surface area contributed by atoms with Crippen molar-refractivity contribution in [1.82, 2.24) is 20.4 Å². The molecule has 1 aromatic heterocycles. The molecule has 1 saturated heterocycles. The number of aliphatic imine (C=N–C) groups is 1. The summed E-state index contributed by atoms with van der Waals surface area (Å²) in [7, 11) is 0. The molecule has 3 aromatic rings. The maximum Gasteiger partial charge on any atom is 0.227 e. The van der Waals surface area contributed by atoms with Crippen LogP contribution in [0.15, 0.2) is 65.8 Å². The van der Waals surface area contributed by atoms with Crippen LogP contribution in [0.2, 0.25) is 0 Å². The van der Waals surface area contributed by atoms with Gasteiger partial charge in [-0.15, -0.1) is 24.0 Å². The quantitative estimate of drug-likeness (QED) is 0.241. The number of anilines is 1. The first-order valence-electron chi connectivity index (χ1n) is 11.3. The summed E-state index contributed by atoms with van der Waals surface area (Å²) >= 11 is 0. The minimum atomic E-state index is -0.261. The van der Waals surface area contributed by atoms with Gasteiger partial charge >= 0.3 is 0 Å². The third-order valence-corrected chi connectivity index (χ3v) is 5.49. The molecule has 0 saturated carbocycles. The molecule has 180 valence electrons. The van der Waals surface area contributed by atoms with Gasteiger partial charge in [-0.1, -0.05) is 12.1 Å². The van der Waals surface area contributed by atoms with E-state index in [-0.39, 0.29) is 35.7 Å². The van der Waals surface area contributed by atoms with Gasteiger partial charge in [0.05, 0.1) is 17.9 Å². The fraction of sp³-hybridized carbons (Fsp3) is 0.320. The van der Waals surface area contributed by atoms with E-state index >= 15 is 0 Å². The van der Waals surface area contributed by atoms with Crippen LogP contribution in [0.25, 0.3) is 5.69 Å². The summed E-state index contributed by atoms with van der Waals surface area (Å²) in [5, 5.41) is 11.2. The van der Waals surface area contributed by atoms with Gasteiger partial charge in [-0.25, -0.2) is 14.1 Å². The second-order valence-corrected chi connectivity index (χ2v) is 7.92. The van der Waals surface area contributed by atoms with Gasteiger partial charge in [0.25, 0.3) is 0 Å². The van der Waals surface area contributed by atoms with Gasteiger partial charge in [0.1, 0.15) is 5.82 Å². The van der Waals surface area contributed by atoms with Gasteiger partial charge in [0, 0.05) is 44.4 Å². The minimum absolute atomic E-state index is 0. The molecule has 7 nitrogen and oxygen atoms in total. The van der Waals surface area contributed by atoms with Crippen LogP contribution in [0.3, 0.4) is 0 Å². The molecule has 2 heterocycles. The van der Waals surface area contributed by atoms with E-state index in [1.165, 1.54) is 12.1 Å². The standard InChI is InChI=1S/C25H29FN6O.HI/c1-2-27-25(29-18-19-5-9-22(10-6-19)31-16-3-4-24(31)33)28-15-13-21-14-17-32(30-21)23-11-7-20(26)8-12-23;/h5-12,14,17H,2-4,13,15-16,18H2,1H3,(H2,27,28,29);1H. The number of hydrogen-bond acceptors (Lipinski definition) is 3. The Morgan fingerprint density at radius 3 is 2.47 bits per heavy atom. The number of amides is 1. The Hall–Kier alpha value is -2.95. The molecule has 0 radical (unpaired) electrons. The number of benzene rings is 2. The molecule has 4 rings (SSSR count). The summed E-state index contributed by atoms with van der Waals surface area (Å²) in [5.74, 6) is 0.680. The Morgan fingerprint density at radius 2 is 1.79 bits per heavy atom. The lowest BCUT2D eigenvalue weighted by Gasteiger charge is -2.15. The highest BCUT2D eigenvalue weighted by Gasteiger charge is 2.21. The van der Waals surface area contributed by atoms with Gasteiger partial charge in [-0.2, -0.15) is 5.10 Å². The van der Waals surface area contributed by atoms with E-state index in [0.29, 0.717) is 19.5 Å². The fourth-order valence-electron chi connectivity index (χ4n) is 3.76.